The van der Waals surface area contributed by atoms with Gasteiger partial charge in [-0.2, -0.15) is 0 Å². The van der Waals surface area contributed by atoms with Gasteiger partial charge in [0.2, 0.25) is 0 Å². The van der Waals surface area contributed by atoms with Gasteiger partial charge in [0.15, 0.2) is 0 Å². The maximum absolute atomic E-state index is 12.5. The highest BCUT2D eigenvalue weighted by Gasteiger charge is 2.18. The largest absolute Gasteiger partial charge is 0.336 e. The molecule has 0 bridgehead atoms. The molecule has 2 saturated heterocycles. The summed E-state index contributed by atoms with van der Waals surface area (Å²) in [4.78, 5) is 19.4. The minimum Gasteiger partial charge on any atom is -0.336 e. The number of hydrogen-bond donors (Lipinski definition) is 1. The Hall–Kier alpha value is -1.43. The number of benzene rings is 1. The van der Waals surface area contributed by atoms with E-state index in [1.165, 1.54) is 5.56 Å². The van der Waals surface area contributed by atoms with Crippen LogP contribution in [0.1, 0.15) is 22.8 Å². The summed E-state index contributed by atoms with van der Waals surface area (Å²) in [7, 11) is 0. The van der Waals surface area contributed by atoms with Gasteiger partial charge in [-0.25, -0.2) is 0 Å². The molecule has 0 spiro atoms. The van der Waals surface area contributed by atoms with Gasteiger partial charge in [0.1, 0.15) is 0 Å². The van der Waals surface area contributed by atoms with Crippen molar-refractivity contribution >= 4 is 5.91 Å². The summed E-state index contributed by atoms with van der Waals surface area (Å²) < 4.78 is 0. The van der Waals surface area contributed by atoms with Crippen molar-refractivity contribution in [2.75, 3.05) is 58.9 Å². The Balaban J connectivity index is 1.53. The monoisotopic (exact) mass is 316 g/mol. The SMILES string of the molecule is CCN1CCN(Cc2ccc(C(=O)N3CCNCC3)cc2)CC1. The number of hydrogen-bond acceptors (Lipinski definition) is 4. The highest BCUT2D eigenvalue weighted by atomic mass is 16.2. The zero-order valence-corrected chi connectivity index (χ0v) is 14.1. The smallest absolute Gasteiger partial charge is 0.253 e. The number of amides is 1. The number of nitrogens with one attached hydrogen (secondary N) is 1. The molecule has 1 aromatic carbocycles. The lowest BCUT2D eigenvalue weighted by atomic mass is 10.1. The van der Waals surface area contributed by atoms with Crippen molar-refractivity contribution < 1.29 is 4.79 Å². The van der Waals surface area contributed by atoms with Crippen molar-refractivity contribution in [2.45, 2.75) is 13.5 Å². The molecule has 2 aliphatic rings. The third-order valence-corrected chi connectivity index (χ3v) is 4.92. The Kier molecular flexibility index (Phi) is 5.65. The molecule has 126 valence electrons. The molecular formula is C18H28N4O. The summed E-state index contributed by atoms with van der Waals surface area (Å²) in [6, 6.07) is 8.20. The fourth-order valence-electron chi connectivity index (χ4n) is 3.33. The van der Waals surface area contributed by atoms with Crippen LogP contribution in [0.5, 0.6) is 0 Å². The lowest BCUT2D eigenvalue weighted by Crippen LogP contribution is -2.46. The van der Waals surface area contributed by atoms with Crippen molar-refractivity contribution in [3.05, 3.63) is 35.4 Å². The lowest BCUT2D eigenvalue weighted by molar-refractivity contribution is 0.0736. The van der Waals surface area contributed by atoms with E-state index in [2.05, 4.69) is 34.2 Å². The van der Waals surface area contributed by atoms with Crippen LogP contribution in [0, 0.1) is 0 Å². The van der Waals surface area contributed by atoms with Crippen LogP contribution < -0.4 is 5.32 Å². The van der Waals surface area contributed by atoms with Crippen LogP contribution in [0.4, 0.5) is 0 Å². The Morgan fingerprint density at radius 3 is 2.17 bits per heavy atom. The van der Waals surface area contributed by atoms with E-state index in [0.29, 0.717) is 0 Å². The zero-order chi connectivity index (χ0) is 16.1. The first-order valence-electron chi connectivity index (χ1n) is 8.80. The average Bonchev–Trinajstić information content (AvgIpc) is 2.63. The van der Waals surface area contributed by atoms with E-state index in [-0.39, 0.29) is 5.91 Å². The van der Waals surface area contributed by atoms with Gasteiger partial charge in [-0.3, -0.25) is 9.69 Å². The normalized spacial score (nSPS) is 20.7. The van der Waals surface area contributed by atoms with E-state index in [1.54, 1.807) is 0 Å². The lowest BCUT2D eigenvalue weighted by Gasteiger charge is -2.34. The number of rotatable bonds is 4. The topological polar surface area (TPSA) is 38.8 Å². The van der Waals surface area contributed by atoms with Crippen LogP contribution in [0.25, 0.3) is 0 Å². The fraction of sp³-hybridized carbons (Fsp3) is 0.611. The van der Waals surface area contributed by atoms with Gasteiger partial charge in [-0.1, -0.05) is 19.1 Å². The molecule has 0 atom stereocenters. The van der Waals surface area contributed by atoms with E-state index in [0.717, 1.165) is 71.0 Å². The number of piperazine rings is 2. The maximum Gasteiger partial charge on any atom is 0.253 e. The van der Waals surface area contributed by atoms with E-state index in [4.69, 9.17) is 0 Å². The standard InChI is InChI=1S/C18H28N4O/c1-2-20-11-13-21(14-12-20)15-16-3-5-17(6-4-16)18(23)22-9-7-19-8-10-22/h3-6,19H,2,7-15H2,1H3. The number of carbonyl (C=O) groups is 1. The van der Waals surface area contributed by atoms with Gasteiger partial charge in [-0.05, 0) is 24.2 Å². The summed E-state index contributed by atoms with van der Waals surface area (Å²) in [6.07, 6.45) is 0. The summed E-state index contributed by atoms with van der Waals surface area (Å²) in [5.74, 6) is 0.162. The van der Waals surface area contributed by atoms with Gasteiger partial charge in [-0.15, -0.1) is 0 Å². The Bertz CT molecular complexity index is 502. The van der Waals surface area contributed by atoms with Gasteiger partial charge >= 0.3 is 0 Å². The molecule has 2 fully saturated rings. The molecule has 2 aliphatic heterocycles. The van der Waals surface area contributed by atoms with Crippen molar-refractivity contribution in [1.29, 1.82) is 0 Å². The summed E-state index contributed by atoms with van der Waals surface area (Å²) in [5, 5.41) is 3.28. The molecule has 3 rings (SSSR count). The molecule has 5 nitrogen and oxygen atoms in total. The summed E-state index contributed by atoms with van der Waals surface area (Å²) in [5.41, 5.74) is 2.11. The molecule has 1 N–H and O–H groups in total. The van der Waals surface area contributed by atoms with E-state index in [9.17, 15) is 4.79 Å². The van der Waals surface area contributed by atoms with Crippen LogP contribution >= 0.6 is 0 Å². The molecule has 2 heterocycles. The molecule has 0 unspecified atom stereocenters. The second-order valence-electron chi connectivity index (χ2n) is 6.45. The molecular weight excluding hydrogens is 288 g/mol. The molecule has 23 heavy (non-hydrogen) atoms. The van der Waals surface area contributed by atoms with Crippen LogP contribution in [0.2, 0.25) is 0 Å². The zero-order valence-electron chi connectivity index (χ0n) is 14.1. The summed E-state index contributed by atoms with van der Waals surface area (Å²) >= 11 is 0. The molecule has 0 radical (unpaired) electrons. The first kappa shape index (κ1) is 16.4. The molecule has 1 amide bonds. The van der Waals surface area contributed by atoms with Crippen molar-refractivity contribution in [2.24, 2.45) is 0 Å². The van der Waals surface area contributed by atoms with Gasteiger partial charge in [0.05, 0.1) is 0 Å². The van der Waals surface area contributed by atoms with Crippen molar-refractivity contribution in [3.63, 3.8) is 0 Å². The summed E-state index contributed by atoms with van der Waals surface area (Å²) in [6.45, 7) is 12.4. The van der Waals surface area contributed by atoms with Crippen molar-refractivity contribution in [1.82, 2.24) is 20.0 Å². The minimum absolute atomic E-state index is 0.162. The second-order valence-corrected chi connectivity index (χ2v) is 6.45. The molecule has 0 aromatic heterocycles. The molecule has 5 heteroatoms. The molecule has 1 aromatic rings. The van der Waals surface area contributed by atoms with Crippen molar-refractivity contribution in [3.8, 4) is 0 Å². The van der Waals surface area contributed by atoms with E-state index < -0.39 is 0 Å². The predicted octanol–water partition coefficient (Wildman–Crippen LogP) is 0.870. The molecule has 0 saturated carbocycles. The first-order chi connectivity index (χ1) is 11.3. The highest BCUT2D eigenvalue weighted by molar-refractivity contribution is 5.94. The maximum atomic E-state index is 12.5. The Morgan fingerprint density at radius 2 is 1.57 bits per heavy atom. The van der Waals surface area contributed by atoms with Gasteiger partial charge in [0.25, 0.3) is 5.91 Å². The van der Waals surface area contributed by atoms with Crippen LogP contribution in [0.15, 0.2) is 24.3 Å². The predicted molar refractivity (Wildman–Crippen MR) is 92.6 cm³/mol. The third-order valence-electron chi connectivity index (χ3n) is 4.92. The Labute approximate surface area is 139 Å². The van der Waals surface area contributed by atoms with E-state index in [1.807, 2.05) is 17.0 Å². The Morgan fingerprint density at radius 1 is 0.957 bits per heavy atom. The van der Waals surface area contributed by atoms with Crippen LogP contribution in [-0.2, 0) is 6.54 Å². The quantitative estimate of drug-likeness (QED) is 0.895. The third kappa shape index (κ3) is 4.31. The van der Waals surface area contributed by atoms with Crippen LogP contribution in [0.3, 0.4) is 0 Å². The van der Waals surface area contributed by atoms with E-state index >= 15 is 0 Å². The number of nitrogens with zero attached hydrogens (tertiary/aromatic N) is 3. The van der Waals surface area contributed by atoms with Gasteiger partial charge in [0, 0.05) is 64.5 Å². The first-order valence-corrected chi connectivity index (χ1v) is 8.80. The highest BCUT2D eigenvalue weighted by Crippen LogP contribution is 2.12. The molecule has 0 aliphatic carbocycles. The number of carbonyl (C=O) groups excluding carboxylic acids is 1. The second kappa shape index (κ2) is 7.90. The van der Waals surface area contributed by atoms with Crippen LogP contribution in [-0.4, -0.2) is 79.5 Å². The average molecular weight is 316 g/mol. The minimum atomic E-state index is 0.162. The van der Waals surface area contributed by atoms with Gasteiger partial charge < -0.3 is 15.1 Å². The number of likely N-dealkylation sites (N-methyl/N-ethyl adjacent to an activating group) is 1. The fourth-order valence-corrected chi connectivity index (χ4v) is 3.33.